The highest BCUT2D eigenvalue weighted by Gasteiger charge is 2.52. The maximum absolute atomic E-state index is 13.7. The number of nitrogens with zero attached hydrogens (tertiary/aromatic N) is 4. The maximum atomic E-state index is 13.7. The van der Waals surface area contributed by atoms with Crippen LogP contribution in [0.4, 0.5) is 22.0 Å². The van der Waals surface area contributed by atoms with Crippen LogP contribution in [0.2, 0.25) is 0 Å². The first kappa shape index (κ1) is 27.8. The van der Waals surface area contributed by atoms with Gasteiger partial charge in [0, 0.05) is 42.9 Å². The SMILES string of the molecule is COc1ccc(C(=O)Nc2cc(CN3C(=O)N(c4ccc5c(c4)N(C(C)=O)CC5(C)C)C(=O)C3(C)C)ccn2)cc1. The average molecular weight is 556 g/mol. The highest BCUT2D eigenvalue weighted by Crippen LogP contribution is 2.44. The Morgan fingerprint density at radius 3 is 2.37 bits per heavy atom. The van der Waals surface area contributed by atoms with E-state index in [4.69, 9.17) is 4.74 Å². The minimum absolute atomic E-state index is 0.0948. The van der Waals surface area contributed by atoms with Crippen molar-refractivity contribution in [3.05, 3.63) is 77.5 Å². The van der Waals surface area contributed by atoms with Crippen molar-refractivity contribution in [3.63, 3.8) is 0 Å². The monoisotopic (exact) mass is 555 g/mol. The summed E-state index contributed by atoms with van der Waals surface area (Å²) >= 11 is 0. The van der Waals surface area contributed by atoms with Crippen molar-refractivity contribution in [1.82, 2.24) is 9.88 Å². The van der Waals surface area contributed by atoms with Gasteiger partial charge >= 0.3 is 6.03 Å². The Bertz CT molecular complexity index is 1560. The normalized spacial score (nSPS) is 17.1. The second-order valence-electron chi connectivity index (χ2n) is 11.5. The van der Waals surface area contributed by atoms with Gasteiger partial charge in [0.05, 0.1) is 12.8 Å². The number of hydrogen-bond acceptors (Lipinski definition) is 6. The summed E-state index contributed by atoms with van der Waals surface area (Å²) in [5.41, 5.74) is 1.88. The number of anilines is 3. The standard InChI is InChI=1S/C31H33N5O5/c1-19(37)34-18-30(2,3)24-12-9-22(16-25(24)34)36-28(39)31(4,5)35(29(36)40)17-20-13-14-32-26(15-20)33-27(38)21-7-10-23(41-6)11-8-21/h7-16H,17-18H2,1-6H3,(H,32,33,38). The molecular weight excluding hydrogens is 522 g/mol. The van der Waals surface area contributed by atoms with Gasteiger partial charge in [0.25, 0.3) is 11.8 Å². The molecule has 3 heterocycles. The number of hydrogen-bond donors (Lipinski definition) is 1. The third-order valence-electron chi connectivity index (χ3n) is 7.78. The topological polar surface area (TPSA) is 112 Å². The van der Waals surface area contributed by atoms with Crippen molar-refractivity contribution in [1.29, 1.82) is 0 Å². The van der Waals surface area contributed by atoms with E-state index in [1.807, 2.05) is 6.07 Å². The van der Waals surface area contributed by atoms with Crippen molar-refractivity contribution in [2.24, 2.45) is 0 Å². The molecule has 10 heteroatoms. The summed E-state index contributed by atoms with van der Waals surface area (Å²) in [6.07, 6.45) is 1.55. The summed E-state index contributed by atoms with van der Waals surface area (Å²) in [7, 11) is 1.55. The highest BCUT2D eigenvalue weighted by molar-refractivity contribution is 6.23. The van der Waals surface area contributed by atoms with E-state index in [1.54, 1.807) is 80.6 Å². The first-order valence-corrected chi connectivity index (χ1v) is 13.3. The number of methoxy groups -OCH3 is 1. The number of carbonyl (C=O) groups is 4. The third kappa shape index (κ3) is 4.90. The zero-order chi connectivity index (χ0) is 29.7. The zero-order valence-electron chi connectivity index (χ0n) is 24.0. The van der Waals surface area contributed by atoms with Gasteiger partial charge in [-0.05, 0) is 73.5 Å². The molecule has 0 spiro atoms. The molecule has 0 atom stereocenters. The number of pyridine rings is 1. The van der Waals surface area contributed by atoms with Gasteiger partial charge in [-0.15, -0.1) is 0 Å². The number of nitrogens with one attached hydrogen (secondary N) is 1. The summed E-state index contributed by atoms with van der Waals surface area (Å²) in [5.74, 6) is 0.166. The molecule has 1 aromatic heterocycles. The van der Waals surface area contributed by atoms with Gasteiger partial charge in [-0.1, -0.05) is 19.9 Å². The lowest BCUT2D eigenvalue weighted by Gasteiger charge is -2.27. The second-order valence-corrected chi connectivity index (χ2v) is 11.5. The van der Waals surface area contributed by atoms with Crippen LogP contribution in [0, 0.1) is 0 Å². The van der Waals surface area contributed by atoms with Crippen LogP contribution in [0.5, 0.6) is 5.75 Å². The van der Waals surface area contributed by atoms with E-state index >= 15 is 0 Å². The van der Waals surface area contributed by atoms with Crippen molar-refractivity contribution in [2.75, 3.05) is 28.8 Å². The first-order chi connectivity index (χ1) is 19.3. The van der Waals surface area contributed by atoms with Gasteiger partial charge in [0.2, 0.25) is 5.91 Å². The van der Waals surface area contributed by atoms with Crippen LogP contribution in [0.3, 0.4) is 0 Å². The Kier molecular flexibility index (Phi) is 6.81. The number of urea groups is 1. The molecule has 0 aliphatic carbocycles. The Labute approximate surface area is 238 Å². The van der Waals surface area contributed by atoms with Gasteiger partial charge in [-0.25, -0.2) is 14.7 Å². The minimum atomic E-state index is -1.13. The highest BCUT2D eigenvalue weighted by atomic mass is 16.5. The van der Waals surface area contributed by atoms with Crippen molar-refractivity contribution >= 4 is 40.9 Å². The van der Waals surface area contributed by atoms with E-state index in [9.17, 15) is 19.2 Å². The maximum Gasteiger partial charge on any atom is 0.332 e. The van der Waals surface area contributed by atoms with Gasteiger partial charge < -0.3 is 19.9 Å². The minimum Gasteiger partial charge on any atom is -0.497 e. The number of imide groups is 1. The average Bonchev–Trinajstić information content (AvgIpc) is 3.30. The zero-order valence-corrected chi connectivity index (χ0v) is 24.0. The molecular formula is C31H33N5O5. The van der Waals surface area contributed by atoms with Crippen molar-refractivity contribution in [3.8, 4) is 5.75 Å². The number of carbonyl (C=O) groups excluding carboxylic acids is 4. The Morgan fingerprint density at radius 2 is 1.71 bits per heavy atom. The van der Waals surface area contributed by atoms with E-state index in [1.165, 1.54) is 16.7 Å². The second kappa shape index (κ2) is 10.0. The molecule has 0 radical (unpaired) electrons. The molecule has 2 aliphatic heterocycles. The summed E-state index contributed by atoms with van der Waals surface area (Å²) in [5, 5.41) is 2.78. The van der Waals surface area contributed by atoms with Crippen LogP contribution < -0.4 is 19.9 Å². The lowest BCUT2D eigenvalue weighted by atomic mass is 9.87. The molecule has 1 fully saturated rings. The molecule has 0 saturated carbocycles. The van der Waals surface area contributed by atoms with E-state index < -0.39 is 11.6 Å². The fraction of sp³-hybridized carbons (Fsp3) is 0.323. The van der Waals surface area contributed by atoms with Crippen LogP contribution in [-0.2, 0) is 21.5 Å². The molecule has 41 heavy (non-hydrogen) atoms. The van der Waals surface area contributed by atoms with E-state index in [0.29, 0.717) is 40.6 Å². The van der Waals surface area contributed by atoms with E-state index in [-0.39, 0.29) is 29.7 Å². The number of benzene rings is 2. The molecule has 1 saturated heterocycles. The molecule has 2 aliphatic rings. The van der Waals surface area contributed by atoms with Crippen LogP contribution in [0.25, 0.3) is 0 Å². The molecule has 212 valence electrons. The van der Waals surface area contributed by atoms with E-state index in [2.05, 4.69) is 24.1 Å². The molecule has 0 bridgehead atoms. The fourth-order valence-corrected chi connectivity index (χ4v) is 5.38. The quantitative estimate of drug-likeness (QED) is 0.440. The number of fused-ring (bicyclic) bond motifs is 1. The fourth-order valence-electron chi connectivity index (χ4n) is 5.38. The smallest absolute Gasteiger partial charge is 0.332 e. The van der Waals surface area contributed by atoms with Gasteiger partial charge in [0.1, 0.15) is 17.1 Å². The summed E-state index contributed by atoms with van der Waals surface area (Å²) < 4.78 is 5.14. The van der Waals surface area contributed by atoms with Gasteiger partial charge in [-0.3, -0.25) is 14.4 Å². The lowest BCUT2D eigenvalue weighted by Crippen LogP contribution is -2.43. The van der Waals surface area contributed by atoms with Crippen LogP contribution in [0.15, 0.2) is 60.8 Å². The van der Waals surface area contributed by atoms with Crippen molar-refractivity contribution < 1.29 is 23.9 Å². The number of rotatable bonds is 6. The first-order valence-electron chi connectivity index (χ1n) is 13.3. The molecule has 5 rings (SSSR count). The number of amides is 5. The largest absolute Gasteiger partial charge is 0.497 e. The van der Waals surface area contributed by atoms with E-state index in [0.717, 1.165) is 5.56 Å². The molecule has 5 amide bonds. The molecule has 1 N–H and O–H groups in total. The molecule has 2 aromatic carbocycles. The van der Waals surface area contributed by atoms with Gasteiger partial charge in [-0.2, -0.15) is 0 Å². The molecule has 0 unspecified atom stereocenters. The lowest BCUT2D eigenvalue weighted by molar-refractivity contribution is -0.123. The van der Waals surface area contributed by atoms with Crippen molar-refractivity contribution in [2.45, 2.75) is 52.1 Å². The summed E-state index contributed by atoms with van der Waals surface area (Å²) in [6, 6.07) is 15.1. The number of ether oxygens (including phenoxy) is 1. The predicted molar refractivity (Wildman–Crippen MR) is 155 cm³/mol. The number of aromatic nitrogens is 1. The van der Waals surface area contributed by atoms with Crippen LogP contribution in [-0.4, -0.2) is 52.8 Å². The predicted octanol–water partition coefficient (Wildman–Crippen LogP) is 4.73. The molecule has 10 nitrogen and oxygen atoms in total. The molecule has 3 aromatic rings. The summed E-state index contributed by atoms with van der Waals surface area (Å²) in [6.45, 7) is 9.71. The third-order valence-corrected chi connectivity index (χ3v) is 7.78. The van der Waals surface area contributed by atoms with Crippen LogP contribution in [0.1, 0.15) is 56.1 Å². The van der Waals surface area contributed by atoms with Crippen LogP contribution >= 0.6 is 0 Å². The van der Waals surface area contributed by atoms with Gasteiger partial charge in [0.15, 0.2) is 0 Å². The Hall–Kier alpha value is -4.73. The summed E-state index contributed by atoms with van der Waals surface area (Å²) in [4.78, 5) is 61.0. The Morgan fingerprint density at radius 1 is 1.00 bits per heavy atom. The Balaban J connectivity index is 1.38.